The van der Waals surface area contributed by atoms with Crippen LogP contribution >= 0.6 is 23.2 Å². The molecular weight excluding hydrogens is 407 g/mol. The van der Waals surface area contributed by atoms with E-state index in [4.69, 9.17) is 23.2 Å². The van der Waals surface area contributed by atoms with Crippen LogP contribution in [0.2, 0.25) is 10.0 Å². The average molecular weight is 435 g/mol. The van der Waals surface area contributed by atoms with Gasteiger partial charge in [0.2, 0.25) is 11.8 Å². The average Bonchev–Trinajstić information content (AvgIpc) is 2.70. The predicted molar refractivity (Wildman–Crippen MR) is 119 cm³/mol. The number of aryl methyl sites for hydroxylation is 1. The second-order valence-electron chi connectivity index (χ2n) is 7.04. The van der Waals surface area contributed by atoms with Crippen molar-refractivity contribution in [1.29, 1.82) is 0 Å². The molecule has 2 amide bonds. The first kappa shape index (κ1) is 23.2. The normalized spacial score (nSPS) is 11.8. The summed E-state index contributed by atoms with van der Waals surface area (Å²) in [6, 6.07) is 12.4. The van der Waals surface area contributed by atoms with Crippen LogP contribution in [-0.4, -0.2) is 29.3 Å². The van der Waals surface area contributed by atoms with E-state index in [9.17, 15) is 9.59 Å². The number of amides is 2. The summed E-state index contributed by atoms with van der Waals surface area (Å²) >= 11 is 12.7. The van der Waals surface area contributed by atoms with Crippen LogP contribution in [-0.2, 0) is 22.6 Å². The first-order chi connectivity index (χ1) is 13.9. The van der Waals surface area contributed by atoms with E-state index in [2.05, 4.69) is 5.32 Å². The quantitative estimate of drug-likeness (QED) is 0.590. The van der Waals surface area contributed by atoms with E-state index in [-0.39, 0.29) is 24.8 Å². The van der Waals surface area contributed by atoms with Gasteiger partial charge in [-0.1, -0.05) is 67.4 Å². The molecule has 2 aromatic carbocycles. The molecular formula is C23H28Cl2N2O2. The summed E-state index contributed by atoms with van der Waals surface area (Å²) in [6.45, 7) is 6.62. The minimum absolute atomic E-state index is 0.131. The summed E-state index contributed by atoms with van der Waals surface area (Å²) in [4.78, 5) is 27.7. The van der Waals surface area contributed by atoms with Crippen LogP contribution in [0.4, 0.5) is 0 Å². The smallest absolute Gasteiger partial charge is 0.242 e. The van der Waals surface area contributed by atoms with Gasteiger partial charge < -0.3 is 10.2 Å². The van der Waals surface area contributed by atoms with E-state index in [1.54, 1.807) is 23.1 Å². The van der Waals surface area contributed by atoms with E-state index in [0.29, 0.717) is 28.6 Å². The zero-order chi connectivity index (χ0) is 21.4. The zero-order valence-corrected chi connectivity index (χ0v) is 18.7. The van der Waals surface area contributed by atoms with Crippen molar-refractivity contribution in [3.63, 3.8) is 0 Å². The van der Waals surface area contributed by atoms with Crippen molar-refractivity contribution in [1.82, 2.24) is 10.2 Å². The van der Waals surface area contributed by atoms with E-state index in [1.807, 2.05) is 45.0 Å². The van der Waals surface area contributed by atoms with E-state index >= 15 is 0 Å². The van der Waals surface area contributed by atoms with Gasteiger partial charge in [0.25, 0.3) is 0 Å². The van der Waals surface area contributed by atoms with Crippen LogP contribution < -0.4 is 5.32 Å². The number of carbonyl (C=O) groups is 2. The molecule has 0 spiro atoms. The second-order valence-corrected chi connectivity index (χ2v) is 7.85. The first-order valence-corrected chi connectivity index (χ1v) is 10.7. The summed E-state index contributed by atoms with van der Waals surface area (Å²) in [5, 5.41) is 3.87. The number of hydrogen-bond acceptors (Lipinski definition) is 2. The van der Waals surface area contributed by atoms with Crippen molar-refractivity contribution >= 4 is 35.0 Å². The lowest BCUT2D eigenvalue weighted by Gasteiger charge is -2.31. The van der Waals surface area contributed by atoms with Gasteiger partial charge in [-0.15, -0.1) is 0 Å². The SMILES string of the molecule is CCCNC(=O)[C@H](CC)N(Cc1c(Cl)cccc1Cl)C(=O)Cc1ccccc1C. The summed E-state index contributed by atoms with van der Waals surface area (Å²) < 4.78 is 0. The molecule has 1 N–H and O–H groups in total. The maximum Gasteiger partial charge on any atom is 0.242 e. The third-order valence-electron chi connectivity index (χ3n) is 4.93. The van der Waals surface area contributed by atoms with E-state index < -0.39 is 6.04 Å². The summed E-state index contributed by atoms with van der Waals surface area (Å²) in [5.74, 6) is -0.288. The Morgan fingerprint density at radius 1 is 1.03 bits per heavy atom. The summed E-state index contributed by atoms with van der Waals surface area (Å²) in [6.07, 6.45) is 1.54. The second kappa shape index (κ2) is 11.2. The Morgan fingerprint density at radius 2 is 1.69 bits per heavy atom. The molecule has 6 heteroatoms. The molecule has 0 fully saturated rings. The Kier molecular flexibility index (Phi) is 8.99. The number of nitrogens with one attached hydrogen (secondary N) is 1. The Bertz CT molecular complexity index is 834. The molecule has 156 valence electrons. The summed E-state index contributed by atoms with van der Waals surface area (Å²) in [5.41, 5.74) is 2.63. The van der Waals surface area contributed by atoms with Gasteiger partial charge in [-0.05, 0) is 43.0 Å². The van der Waals surface area contributed by atoms with Crippen molar-refractivity contribution in [2.24, 2.45) is 0 Å². The highest BCUT2D eigenvalue weighted by Crippen LogP contribution is 2.27. The standard InChI is InChI=1S/C23H28Cl2N2O2/c1-4-13-26-23(29)21(5-2)27(15-18-19(24)11-8-12-20(18)25)22(28)14-17-10-7-6-9-16(17)3/h6-12,21H,4-5,13-15H2,1-3H3,(H,26,29)/t21-/m0/s1. The fourth-order valence-corrected chi connectivity index (χ4v) is 3.73. The van der Waals surface area contributed by atoms with Crippen molar-refractivity contribution in [2.75, 3.05) is 6.54 Å². The third kappa shape index (κ3) is 6.22. The highest BCUT2D eigenvalue weighted by atomic mass is 35.5. The molecule has 0 saturated heterocycles. The van der Waals surface area contributed by atoms with Gasteiger partial charge in [-0.3, -0.25) is 9.59 Å². The minimum Gasteiger partial charge on any atom is -0.354 e. The predicted octanol–water partition coefficient (Wildman–Crippen LogP) is 5.18. The van der Waals surface area contributed by atoms with Gasteiger partial charge in [0.1, 0.15) is 6.04 Å². The van der Waals surface area contributed by atoms with Crippen molar-refractivity contribution in [3.05, 3.63) is 69.2 Å². The van der Waals surface area contributed by atoms with Crippen LogP contribution in [0.5, 0.6) is 0 Å². The number of nitrogens with zero attached hydrogens (tertiary/aromatic N) is 1. The third-order valence-corrected chi connectivity index (χ3v) is 5.64. The van der Waals surface area contributed by atoms with Crippen LogP contribution in [0.1, 0.15) is 43.4 Å². The first-order valence-electron chi connectivity index (χ1n) is 9.93. The maximum atomic E-state index is 13.3. The molecule has 0 radical (unpaired) electrons. The minimum atomic E-state index is -0.592. The van der Waals surface area contributed by atoms with Gasteiger partial charge in [0.15, 0.2) is 0 Å². The fraction of sp³-hybridized carbons (Fsp3) is 0.391. The number of carbonyl (C=O) groups excluding carboxylic acids is 2. The molecule has 1 atom stereocenters. The Balaban J connectivity index is 2.36. The van der Waals surface area contributed by atoms with Crippen LogP contribution in [0.3, 0.4) is 0 Å². The van der Waals surface area contributed by atoms with Crippen LogP contribution in [0.25, 0.3) is 0 Å². The maximum absolute atomic E-state index is 13.3. The molecule has 0 aliphatic rings. The van der Waals surface area contributed by atoms with E-state index in [0.717, 1.165) is 17.5 Å². The molecule has 2 rings (SSSR count). The number of benzene rings is 2. The zero-order valence-electron chi connectivity index (χ0n) is 17.2. The highest BCUT2D eigenvalue weighted by Gasteiger charge is 2.29. The molecule has 2 aromatic rings. The van der Waals surface area contributed by atoms with Gasteiger partial charge in [0.05, 0.1) is 6.42 Å². The topological polar surface area (TPSA) is 49.4 Å². The van der Waals surface area contributed by atoms with Crippen molar-refractivity contribution < 1.29 is 9.59 Å². The van der Waals surface area contributed by atoms with Gasteiger partial charge >= 0.3 is 0 Å². The van der Waals surface area contributed by atoms with Gasteiger partial charge in [-0.2, -0.15) is 0 Å². The largest absolute Gasteiger partial charge is 0.354 e. The van der Waals surface area contributed by atoms with Crippen LogP contribution in [0.15, 0.2) is 42.5 Å². The molecule has 0 aliphatic carbocycles. The summed E-state index contributed by atoms with van der Waals surface area (Å²) in [7, 11) is 0. The number of halogens is 2. The van der Waals surface area contributed by atoms with E-state index in [1.165, 1.54) is 0 Å². The monoisotopic (exact) mass is 434 g/mol. The molecule has 0 unspecified atom stereocenters. The Morgan fingerprint density at radius 3 is 2.28 bits per heavy atom. The number of hydrogen-bond donors (Lipinski definition) is 1. The molecule has 0 saturated carbocycles. The Labute approximate surface area is 183 Å². The molecule has 0 aliphatic heterocycles. The molecule has 0 bridgehead atoms. The molecule has 0 heterocycles. The lowest BCUT2D eigenvalue weighted by molar-refractivity contribution is -0.140. The van der Waals surface area contributed by atoms with Gasteiger partial charge in [0, 0.05) is 28.7 Å². The molecule has 4 nitrogen and oxygen atoms in total. The highest BCUT2D eigenvalue weighted by molar-refractivity contribution is 6.36. The lowest BCUT2D eigenvalue weighted by Crippen LogP contribution is -2.49. The number of rotatable bonds is 9. The van der Waals surface area contributed by atoms with Crippen LogP contribution in [0, 0.1) is 6.92 Å². The van der Waals surface area contributed by atoms with Crippen molar-refractivity contribution in [2.45, 2.75) is 52.6 Å². The lowest BCUT2D eigenvalue weighted by atomic mass is 10.0. The molecule has 0 aromatic heterocycles. The fourth-order valence-electron chi connectivity index (χ4n) is 3.21. The van der Waals surface area contributed by atoms with Gasteiger partial charge in [-0.25, -0.2) is 0 Å². The van der Waals surface area contributed by atoms with Crippen molar-refractivity contribution in [3.8, 4) is 0 Å². The Hall–Kier alpha value is -2.04. The molecule has 29 heavy (non-hydrogen) atoms.